The number of nitrogens with one attached hydrogen (secondary N) is 1. The predicted octanol–water partition coefficient (Wildman–Crippen LogP) is 3.28. The maximum absolute atomic E-state index is 3.57. The van der Waals surface area contributed by atoms with Crippen LogP contribution in [0.2, 0.25) is 0 Å². The maximum Gasteiger partial charge on any atom is 0.0377 e. The number of benzene rings is 1. The van der Waals surface area contributed by atoms with Crippen molar-refractivity contribution in [2.24, 2.45) is 11.8 Å². The molecule has 3 heteroatoms. The van der Waals surface area contributed by atoms with Crippen molar-refractivity contribution < 1.29 is 0 Å². The summed E-state index contributed by atoms with van der Waals surface area (Å²) in [6.45, 7) is 4.92. The monoisotopic (exact) mass is 308 g/mol. The summed E-state index contributed by atoms with van der Waals surface area (Å²) in [7, 11) is 0. The van der Waals surface area contributed by atoms with Gasteiger partial charge in [0.25, 0.3) is 0 Å². The van der Waals surface area contributed by atoms with Crippen molar-refractivity contribution in [1.82, 2.24) is 5.32 Å². The average Bonchev–Trinajstić information content (AvgIpc) is 2.89. The van der Waals surface area contributed by atoms with E-state index in [-0.39, 0.29) is 0 Å². The van der Waals surface area contributed by atoms with Gasteiger partial charge in [-0.05, 0) is 62.4 Å². The Kier molecular flexibility index (Phi) is 3.90. The van der Waals surface area contributed by atoms with Crippen LogP contribution < -0.4 is 10.2 Å². The standard InChI is InChI=1S/C15H21BrN2/c16-14-2-1-3-15(10-14)18-9-6-13(11-18)12-4-7-17-8-5-12/h1-3,10,12-13,17H,4-9,11H2. The highest BCUT2D eigenvalue weighted by molar-refractivity contribution is 9.10. The van der Waals surface area contributed by atoms with Gasteiger partial charge in [0, 0.05) is 23.2 Å². The van der Waals surface area contributed by atoms with Gasteiger partial charge in [0.15, 0.2) is 0 Å². The molecule has 0 spiro atoms. The van der Waals surface area contributed by atoms with Crippen LogP contribution in [0.4, 0.5) is 5.69 Å². The minimum atomic E-state index is 0.908. The molecule has 1 N–H and O–H groups in total. The maximum atomic E-state index is 3.57. The summed E-state index contributed by atoms with van der Waals surface area (Å²) in [4.78, 5) is 2.55. The summed E-state index contributed by atoms with van der Waals surface area (Å²) in [5.41, 5.74) is 1.38. The molecule has 1 aromatic carbocycles. The first-order chi connectivity index (χ1) is 8.83. The molecule has 0 aliphatic carbocycles. The Morgan fingerprint density at radius 3 is 2.72 bits per heavy atom. The third-order valence-corrected chi connectivity index (χ3v) is 4.94. The Morgan fingerprint density at radius 2 is 1.94 bits per heavy atom. The van der Waals surface area contributed by atoms with Crippen LogP contribution in [0.15, 0.2) is 28.7 Å². The van der Waals surface area contributed by atoms with Gasteiger partial charge in [-0.15, -0.1) is 0 Å². The molecule has 2 aliphatic rings. The van der Waals surface area contributed by atoms with Crippen molar-refractivity contribution in [3.63, 3.8) is 0 Å². The van der Waals surface area contributed by atoms with Gasteiger partial charge in [-0.3, -0.25) is 0 Å². The zero-order chi connectivity index (χ0) is 12.4. The number of piperidine rings is 1. The zero-order valence-corrected chi connectivity index (χ0v) is 12.3. The number of hydrogen-bond donors (Lipinski definition) is 1. The van der Waals surface area contributed by atoms with E-state index in [0.717, 1.165) is 11.8 Å². The zero-order valence-electron chi connectivity index (χ0n) is 10.7. The Morgan fingerprint density at radius 1 is 1.11 bits per heavy atom. The fourth-order valence-electron chi connectivity index (χ4n) is 3.40. The minimum absolute atomic E-state index is 0.908. The molecule has 0 radical (unpaired) electrons. The van der Waals surface area contributed by atoms with Crippen LogP contribution in [0.25, 0.3) is 0 Å². The minimum Gasteiger partial charge on any atom is -0.371 e. The molecule has 0 aromatic heterocycles. The first kappa shape index (κ1) is 12.5. The SMILES string of the molecule is Brc1cccc(N2CCC(C3CCNCC3)C2)c1. The molecule has 0 saturated carbocycles. The summed E-state index contributed by atoms with van der Waals surface area (Å²) in [5, 5.41) is 3.47. The quantitative estimate of drug-likeness (QED) is 0.902. The summed E-state index contributed by atoms with van der Waals surface area (Å²) in [5.74, 6) is 1.86. The van der Waals surface area contributed by atoms with Crippen molar-refractivity contribution >= 4 is 21.6 Å². The fourth-order valence-corrected chi connectivity index (χ4v) is 3.78. The van der Waals surface area contributed by atoms with E-state index in [0.29, 0.717) is 0 Å². The second kappa shape index (κ2) is 5.62. The molecule has 2 saturated heterocycles. The van der Waals surface area contributed by atoms with Crippen LogP contribution in [0, 0.1) is 11.8 Å². The van der Waals surface area contributed by atoms with E-state index in [9.17, 15) is 0 Å². The normalized spacial score (nSPS) is 25.6. The van der Waals surface area contributed by atoms with Crippen molar-refractivity contribution in [1.29, 1.82) is 0 Å². The van der Waals surface area contributed by atoms with Gasteiger partial charge in [-0.2, -0.15) is 0 Å². The van der Waals surface area contributed by atoms with E-state index in [2.05, 4.69) is 50.4 Å². The molecule has 18 heavy (non-hydrogen) atoms. The van der Waals surface area contributed by atoms with E-state index in [1.165, 1.54) is 55.6 Å². The molecule has 1 atom stereocenters. The van der Waals surface area contributed by atoms with Crippen molar-refractivity contribution in [3.05, 3.63) is 28.7 Å². The molecular weight excluding hydrogens is 288 g/mol. The molecule has 0 bridgehead atoms. The third-order valence-electron chi connectivity index (χ3n) is 4.45. The molecule has 3 rings (SSSR count). The molecule has 0 amide bonds. The van der Waals surface area contributed by atoms with E-state index in [4.69, 9.17) is 0 Å². The summed E-state index contributed by atoms with van der Waals surface area (Å²) >= 11 is 3.57. The highest BCUT2D eigenvalue weighted by atomic mass is 79.9. The van der Waals surface area contributed by atoms with Gasteiger partial charge in [0.1, 0.15) is 0 Å². The van der Waals surface area contributed by atoms with Gasteiger partial charge >= 0.3 is 0 Å². The van der Waals surface area contributed by atoms with Crippen LogP contribution in [-0.2, 0) is 0 Å². The van der Waals surface area contributed by atoms with Gasteiger partial charge < -0.3 is 10.2 Å². The molecule has 1 aromatic rings. The number of hydrogen-bond acceptors (Lipinski definition) is 2. The molecule has 1 unspecified atom stereocenters. The van der Waals surface area contributed by atoms with E-state index in [1.54, 1.807) is 0 Å². The first-order valence-electron chi connectivity index (χ1n) is 7.04. The number of anilines is 1. The molecular formula is C15H21BrN2. The lowest BCUT2D eigenvalue weighted by molar-refractivity contribution is 0.276. The highest BCUT2D eigenvalue weighted by Gasteiger charge is 2.30. The lowest BCUT2D eigenvalue weighted by Crippen LogP contribution is -2.32. The van der Waals surface area contributed by atoms with Crippen molar-refractivity contribution in [3.8, 4) is 0 Å². The first-order valence-corrected chi connectivity index (χ1v) is 7.83. The van der Waals surface area contributed by atoms with E-state index in [1.807, 2.05) is 0 Å². The molecule has 2 nitrogen and oxygen atoms in total. The second-order valence-electron chi connectivity index (χ2n) is 5.56. The molecule has 98 valence electrons. The van der Waals surface area contributed by atoms with Crippen molar-refractivity contribution in [2.75, 3.05) is 31.1 Å². The van der Waals surface area contributed by atoms with Gasteiger partial charge in [0.05, 0.1) is 0 Å². The summed E-state index contributed by atoms with van der Waals surface area (Å²) < 4.78 is 1.19. The average molecular weight is 309 g/mol. The van der Waals surface area contributed by atoms with Gasteiger partial charge in [-0.1, -0.05) is 22.0 Å². The van der Waals surface area contributed by atoms with E-state index < -0.39 is 0 Å². The predicted molar refractivity (Wildman–Crippen MR) is 80.1 cm³/mol. The smallest absolute Gasteiger partial charge is 0.0377 e. The van der Waals surface area contributed by atoms with Crippen LogP contribution in [0.5, 0.6) is 0 Å². The largest absolute Gasteiger partial charge is 0.371 e. The Hall–Kier alpha value is -0.540. The summed E-state index contributed by atoms with van der Waals surface area (Å²) in [6.07, 6.45) is 4.12. The molecule has 2 heterocycles. The van der Waals surface area contributed by atoms with Gasteiger partial charge in [-0.25, -0.2) is 0 Å². The Balaban J connectivity index is 1.64. The lowest BCUT2D eigenvalue weighted by atomic mass is 9.84. The van der Waals surface area contributed by atoms with Gasteiger partial charge in [0.2, 0.25) is 0 Å². The van der Waals surface area contributed by atoms with Crippen molar-refractivity contribution in [2.45, 2.75) is 19.3 Å². The third kappa shape index (κ3) is 2.72. The van der Waals surface area contributed by atoms with E-state index >= 15 is 0 Å². The highest BCUT2D eigenvalue weighted by Crippen LogP contribution is 2.33. The number of nitrogens with zero attached hydrogens (tertiary/aromatic N) is 1. The number of rotatable bonds is 2. The van der Waals surface area contributed by atoms with Crippen LogP contribution >= 0.6 is 15.9 Å². The lowest BCUT2D eigenvalue weighted by Gasteiger charge is -2.28. The fraction of sp³-hybridized carbons (Fsp3) is 0.600. The Bertz CT molecular complexity index is 401. The van der Waals surface area contributed by atoms with Crippen LogP contribution in [-0.4, -0.2) is 26.2 Å². The summed E-state index contributed by atoms with van der Waals surface area (Å²) in [6, 6.07) is 8.71. The van der Waals surface area contributed by atoms with Crippen LogP contribution in [0.1, 0.15) is 19.3 Å². The molecule has 2 aliphatic heterocycles. The number of halogens is 1. The topological polar surface area (TPSA) is 15.3 Å². The Labute approximate surface area is 118 Å². The molecule has 2 fully saturated rings. The second-order valence-corrected chi connectivity index (χ2v) is 6.48. The van der Waals surface area contributed by atoms with Crippen LogP contribution in [0.3, 0.4) is 0 Å².